The predicted molar refractivity (Wildman–Crippen MR) is 163 cm³/mol. The van der Waals surface area contributed by atoms with Crippen molar-refractivity contribution >= 4 is 50.8 Å². The van der Waals surface area contributed by atoms with Crippen LogP contribution in [-0.2, 0) is 15.4 Å². The Morgan fingerprint density at radius 1 is 0.936 bits per heavy atom. The van der Waals surface area contributed by atoms with Crippen molar-refractivity contribution in [3.63, 3.8) is 0 Å². The fraction of sp³-hybridized carbons (Fsp3) is 0.179. The smallest absolute Gasteiger partial charge is 0.335 e. The van der Waals surface area contributed by atoms with Crippen LogP contribution in [0, 0.1) is 11.3 Å². The Balaban J connectivity index is 1.67. The van der Waals surface area contributed by atoms with E-state index in [1.807, 2.05) is 26.8 Å². The highest BCUT2D eigenvalue weighted by molar-refractivity contribution is 7.92. The van der Waals surface area contributed by atoms with Crippen LogP contribution in [0.3, 0.4) is 0 Å². The normalized spacial score (nSPS) is 12.0. The number of carbonyl (C=O) groups is 3. The molecule has 5 aromatic rings. The number of aromatic amines is 1. The predicted octanol–water partition coefficient (Wildman–Crippen LogP) is 3.96. The van der Waals surface area contributed by atoms with Crippen LogP contribution in [0.5, 0.6) is 0 Å². The second kappa shape index (κ2) is 11.5. The average molecular weight is 661 g/mol. The molecule has 0 aliphatic rings. The number of azo groups is 1. The van der Waals surface area contributed by atoms with Gasteiger partial charge in [-0.25, -0.2) is 27.5 Å². The van der Waals surface area contributed by atoms with E-state index in [1.54, 1.807) is 0 Å². The van der Waals surface area contributed by atoms with Crippen LogP contribution < -0.4 is 4.72 Å². The number of benzene rings is 2. The second-order valence-electron chi connectivity index (χ2n) is 11.2. The third-order valence-corrected chi connectivity index (χ3v) is 7.11. The Kier molecular flexibility index (Phi) is 7.83. The number of aromatic carboxylic acids is 3. The lowest BCUT2D eigenvalue weighted by molar-refractivity contribution is 0.0682. The van der Waals surface area contributed by atoms with Gasteiger partial charge in [0.1, 0.15) is 11.6 Å². The number of nitriles is 1. The number of carboxylic acid groups (broad SMARTS) is 3. The number of H-pyrrole nitrogens is 1. The first kappa shape index (κ1) is 32.0. The number of nitrogens with zero attached hydrogens (tertiary/aromatic N) is 8. The van der Waals surface area contributed by atoms with Crippen molar-refractivity contribution in [1.29, 1.82) is 5.26 Å². The molecule has 3 heterocycles. The van der Waals surface area contributed by atoms with Gasteiger partial charge in [-0.15, -0.1) is 20.0 Å². The van der Waals surface area contributed by atoms with Gasteiger partial charge in [0, 0.05) is 11.0 Å². The largest absolute Gasteiger partial charge is 0.478 e. The first-order chi connectivity index (χ1) is 21.9. The molecule has 0 unspecified atom stereocenters. The number of sulfonamides is 1. The van der Waals surface area contributed by atoms with E-state index < -0.39 is 33.3 Å². The fourth-order valence-corrected chi connectivity index (χ4v) is 5.03. The van der Waals surface area contributed by atoms with E-state index in [2.05, 4.69) is 35.2 Å². The van der Waals surface area contributed by atoms with Crippen LogP contribution in [0.25, 0.3) is 22.7 Å². The summed E-state index contributed by atoms with van der Waals surface area (Å²) in [7, 11) is -3.74. The zero-order chi connectivity index (χ0) is 34.4. The van der Waals surface area contributed by atoms with Crippen LogP contribution in [0.15, 0.2) is 52.8 Å². The van der Waals surface area contributed by atoms with E-state index in [0.717, 1.165) is 29.3 Å². The molecule has 0 saturated heterocycles. The van der Waals surface area contributed by atoms with Crippen molar-refractivity contribution in [2.75, 3.05) is 11.0 Å². The molecule has 47 heavy (non-hydrogen) atoms. The number of aromatic nitrogens is 6. The first-order valence-electron chi connectivity index (χ1n) is 13.3. The molecular weight excluding hydrogens is 636 g/mol. The third-order valence-electron chi connectivity index (χ3n) is 6.51. The molecular formula is C28H24N10O8S. The molecule has 0 atom stereocenters. The molecule has 5 N–H and O–H groups in total. The summed E-state index contributed by atoms with van der Waals surface area (Å²) in [6.07, 6.45) is 2.08. The zero-order valence-corrected chi connectivity index (χ0v) is 25.7. The lowest BCUT2D eigenvalue weighted by Crippen LogP contribution is -2.12. The molecule has 5 rings (SSSR count). The van der Waals surface area contributed by atoms with Gasteiger partial charge in [-0.1, -0.05) is 20.8 Å². The van der Waals surface area contributed by atoms with E-state index in [-0.39, 0.29) is 62.2 Å². The maximum absolute atomic E-state index is 11.8. The minimum atomic E-state index is -3.74. The zero-order valence-electron chi connectivity index (χ0n) is 24.9. The summed E-state index contributed by atoms with van der Waals surface area (Å²) in [5, 5.41) is 60.1. The lowest BCUT2D eigenvalue weighted by atomic mass is 9.91. The summed E-state index contributed by atoms with van der Waals surface area (Å²) in [4.78, 5) is 38.2. The van der Waals surface area contributed by atoms with Gasteiger partial charge in [0.25, 0.3) is 0 Å². The molecule has 0 amide bonds. The molecule has 0 aliphatic heterocycles. The molecule has 240 valence electrons. The molecule has 0 aliphatic carbocycles. The fourth-order valence-electron chi connectivity index (χ4n) is 4.49. The standard InChI is InChI=1S/C28H24N10O8S/c1-28(2,3)21-20(24-31-22(35-38(24)34-21)13-5-14(25(39)40)8-18(7-13)36-47(4,45)46)32-33-23-17(11-29)12-30-37(23)19-9-15(26(41)42)6-16(10-19)27(43)44/h5-10,12,36H,1-4H3,(H,31,35)(H,39,40)(H,41,42)(H,43,44). The van der Waals surface area contributed by atoms with E-state index in [1.165, 1.54) is 28.9 Å². The van der Waals surface area contributed by atoms with Crippen molar-refractivity contribution in [2.45, 2.75) is 26.2 Å². The molecule has 3 aromatic heterocycles. The molecule has 0 radical (unpaired) electrons. The van der Waals surface area contributed by atoms with Gasteiger partial charge in [0.15, 0.2) is 23.0 Å². The number of anilines is 1. The minimum absolute atomic E-state index is 0.00501. The summed E-state index contributed by atoms with van der Waals surface area (Å²) in [5.74, 6) is -4.11. The van der Waals surface area contributed by atoms with Crippen LogP contribution in [0.4, 0.5) is 17.2 Å². The number of rotatable bonds is 9. The molecule has 0 saturated carbocycles. The van der Waals surface area contributed by atoms with Crippen LogP contribution in [0.2, 0.25) is 0 Å². The summed E-state index contributed by atoms with van der Waals surface area (Å²) in [5.41, 5.74) is -0.591. The van der Waals surface area contributed by atoms with Gasteiger partial charge >= 0.3 is 17.9 Å². The summed E-state index contributed by atoms with van der Waals surface area (Å²) in [6.45, 7) is 5.55. The Labute approximate surface area is 264 Å². The summed E-state index contributed by atoms with van der Waals surface area (Å²) >= 11 is 0. The Hall–Kier alpha value is -6.42. The Morgan fingerprint density at radius 3 is 2.11 bits per heavy atom. The van der Waals surface area contributed by atoms with Gasteiger partial charge in [0.2, 0.25) is 10.0 Å². The Bertz CT molecular complexity index is 2270. The Morgan fingerprint density at radius 2 is 1.55 bits per heavy atom. The molecule has 18 nitrogen and oxygen atoms in total. The number of fused-ring (bicyclic) bond motifs is 1. The van der Waals surface area contributed by atoms with Crippen molar-refractivity contribution in [2.24, 2.45) is 10.2 Å². The summed E-state index contributed by atoms with van der Waals surface area (Å²) in [6, 6.07) is 9.06. The molecule has 0 bridgehead atoms. The van der Waals surface area contributed by atoms with Crippen molar-refractivity contribution in [3.8, 4) is 23.1 Å². The van der Waals surface area contributed by atoms with Gasteiger partial charge in [-0.2, -0.15) is 15.5 Å². The molecule has 19 heteroatoms. The highest BCUT2D eigenvalue weighted by atomic mass is 32.2. The van der Waals surface area contributed by atoms with E-state index in [0.29, 0.717) is 5.69 Å². The topological polar surface area (TPSA) is 270 Å². The van der Waals surface area contributed by atoms with Crippen molar-refractivity contribution < 1.29 is 38.1 Å². The number of nitrogens with one attached hydrogen (secondary N) is 2. The molecule has 2 aromatic carbocycles. The van der Waals surface area contributed by atoms with E-state index in [9.17, 15) is 43.4 Å². The average Bonchev–Trinajstić information content (AvgIpc) is 3.67. The van der Waals surface area contributed by atoms with Crippen LogP contribution >= 0.6 is 0 Å². The third kappa shape index (κ3) is 6.52. The van der Waals surface area contributed by atoms with Gasteiger partial charge in [0.05, 0.1) is 46.2 Å². The van der Waals surface area contributed by atoms with Crippen molar-refractivity contribution in [3.05, 3.63) is 70.5 Å². The first-order valence-corrected chi connectivity index (χ1v) is 15.2. The second-order valence-corrected chi connectivity index (χ2v) is 13.0. The van der Waals surface area contributed by atoms with E-state index in [4.69, 9.17) is 0 Å². The quantitative estimate of drug-likeness (QED) is 0.141. The lowest BCUT2D eigenvalue weighted by Gasteiger charge is -2.15. The monoisotopic (exact) mass is 660 g/mol. The van der Waals surface area contributed by atoms with Gasteiger partial charge in [-0.3, -0.25) is 4.72 Å². The highest BCUT2D eigenvalue weighted by Crippen LogP contribution is 2.36. The highest BCUT2D eigenvalue weighted by Gasteiger charge is 2.27. The maximum atomic E-state index is 11.8. The summed E-state index contributed by atoms with van der Waals surface area (Å²) < 4.78 is 28.2. The SMILES string of the molecule is CC(C)(C)c1nn2nc(-c3cc(NS(C)(=O)=O)cc(C(=O)O)c3)[nH]c2c1N=Nc1c(C#N)cnn1-c1cc(C(=O)O)cc(C(=O)O)c1. The minimum Gasteiger partial charge on any atom is -0.478 e. The molecule has 0 spiro atoms. The van der Waals surface area contributed by atoms with Gasteiger partial charge in [-0.05, 0) is 36.4 Å². The number of hydrogen-bond acceptors (Lipinski definition) is 11. The van der Waals surface area contributed by atoms with Gasteiger partial charge < -0.3 is 20.3 Å². The van der Waals surface area contributed by atoms with Crippen molar-refractivity contribution in [1.82, 2.24) is 29.6 Å². The maximum Gasteiger partial charge on any atom is 0.335 e. The number of hydrogen-bond donors (Lipinski definition) is 5. The number of carboxylic acids is 3. The van der Waals surface area contributed by atoms with E-state index >= 15 is 0 Å². The van der Waals surface area contributed by atoms with Crippen LogP contribution in [0.1, 0.15) is 63.1 Å². The molecule has 0 fully saturated rings. The van der Waals surface area contributed by atoms with Crippen LogP contribution in [-0.4, -0.2) is 77.5 Å².